The van der Waals surface area contributed by atoms with Gasteiger partial charge in [0.05, 0.1) is 8.95 Å². The Kier molecular flexibility index (Phi) is 5.45. The third-order valence-corrected chi connectivity index (χ3v) is 5.45. The summed E-state index contributed by atoms with van der Waals surface area (Å²) in [6.45, 7) is 0. The number of Topliss-reactive ketones (excluding diaryl/α,β-unsaturated/α-hetero) is 1. The molecule has 1 aliphatic carbocycles. The number of allylic oxidation sites excluding steroid dienone is 2. The molecule has 0 heterocycles. The predicted octanol–water partition coefficient (Wildman–Crippen LogP) is 5.84. The van der Waals surface area contributed by atoms with Gasteiger partial charge in [-0.3, -0.25) is 4.79 Å². The maximum absolute atomic E-state index is 12.8. The molecular formula is C20H16Br2O3. The van der Waals surface area contributed by atoms with Crippen molar-refractivity contribution >= 4 is 49.8 Å². The van der Waals surface area contributed by atoms with Gasteiger partial charge < -0.3 is 10.2 Å². The van der Waals surface area contributed by atoms with E-state index in [0.717, 1.165) is 6.42 Å². The van der Waals surface area contributed by atoms with Crippen LogP contribution in [-0.2, 0) is 4.79 Å². The normalized spacial score (nSPS) is 18.1. The summed E-state index contributed by atoms with van der Waals surface area (Å²) >= 11 is 6.58. The lowest BCUT2D eigenvalue weighted by Gasteiger charge is -2.17. The fourth-order valence-corrected chi connectivity index (χ4v) is 3.61. The minimum absolute atomic E-state index is 0.0370. The molecule has 0 radical (unpaired) electrons. The molecule has 128 valence electrons. The van der Waals surface area contributed by atoms with E-state index >= 15 is 0 Å². The van der Waals surface area contributed by atoms with E-state index in [2.05, 4.69) is 31.9 Å². The van der Waals surface area contributed by atoms with E-state index < -0.39 is 0 Å². The number of para-hydroxylation sites is 2. The zero-order valence-electron chi connectivity index (χ0n) is 13.3. The molecule has 0 spiro atoms. The van der Waals surface area contributed by atoms with Crippen LogP contribution in [0.15, 0.2) is 56.5 Å². The van der Waals surface area contributed by atoms with Gasteiger partial charge in [0.15, 0.2) is 5.78 Å². The number of phenolic OH excluding ortho intramolecular Hbond substituents is 2. The van der Waals surface area contributed by atoms with Crippen molar-refractivity contribution in [2.24, 2.45) is 0 Å². The fourth-order valence-electron chi connectivity index (χ4n) is 2.85. The highest BCUT2D eigenvalue weighted by molar-refractivity contribution is 9.10. The van der Waals surface area contributed by atoms with E-state index in [1.165, 1.54) is 0 Å². The number of phenols is 2. The summed E-state index contributed by atoms with van der Waals surface area (Å²) in [6.07, 6.45) is 5.69. The first kappa shape index (κ1) is 18.0. The van der Waals surface area contributed by atoms with E-state index in [1.54, 1.807) is 36.4 Å². The molecule has 1 aliphatic rings. The second-order valence-electron chi connectivity index (χ2n) is 5.88. The molecule has 0 saturated heterocycles. The van der Waals surface area contributed by atoms with Crippen LogP contribution < -0.4 is 0 Å². The Morgan fingerprint density at radius 3 is 1.68 bits per heavy atom. The van der Waals surface area contributed by atoms with Crippen molar-refractivity contribution in [1.29, 1.82) is 0 Å². The molecular weight excluding hydrogens is 448 g/mol. The molecule has 2 N–H and O–H groups in total. The van der Waals surface area contributed by atoms with Gasteiger partial charge in [0.2, 0.25) is 0 Å². The average Bonchev–Trinajstić information content (AvgIpc) is 2.59. The van der Waals surface area contributed by atoms with E-state index in [0.29, 0.717) is 44.1 Å². The highest BCUT2D eigenvalue weighted by atomic mass is 79.9. The van der Waals surface area contributed by atoms with Gasteiger partial charge in [0, 0.05) is 22.3 Å². The Bertz CT molecular complexity index is 826. The standard InChI is InChI=1S/C20H16Br2O3/c21-16-8-2-6-14(19(16)24)10-12-4-1-5-13(18(12)23)11-15-7-3-9-17(22)20(15)25/h2-3,6-11,24-25H,1,4-5H2. The van der Waals surface area contributed by atoms with Crippen LogP contribution in [0.2, 0.25) is 0 Å². The molecule has 1 saturated carbocycles. The van der Waals surface area contributed by atoms with Gasteiger partial charge in [0.25, 0.3) is 0 Å². The third-order valence-electron chi connectivity index (χ3n) is 4.17. The number of benzene rings is 2. The number of hydrogen-bond acceptors (Lipinski definition) is 3. The molecule has 2 aromatic rings. The summed E-state index contributed by atoms with van der Waals surface area (Å²) in [5.41, 5.74) is 2.56. The Morgan fingerprint density at radius 2 is 1.24 bits per heavy atom. The lowest BCUT2D eigenvalue weighted by atomic mass is 9.86. The Balaban J connectivity index is 1.96. The van der Waals surface area contributed by atoms with E-state index in [4.69, 9.17) is 0 Å². The molecule has 1 fully saturated rings. The second-order valence-corrected chi connectivity index (χ2v) is 7.59. The molecule has 3 rings (SSSR count). The van der Waals surface area contributed by atoms with Gasteiger partial charge in [0.1, 0.15) is 11.5 Å². The van der Waals surface area contributed by atoms with E-state index in [1.807, 2.05) is 12.1 Å². The monoisotopic (exact) mass is 462 g/mol. The van der Waals surface area contributed by atoms with Crippen LogP contribution in [0, 0.1) is 0 Å². The molecule has 3 nitrogen and oxygen atoms in total. The topological polar surface area (TPSA) is 57.5 Å². The minimum Gasteiger partial charge on any atom is -0.506 e. The number of rotatable bonds is 2. The highest BCUT2D eigenvalue weighted by Gasteiger charge is 2.21. The maximum atomic E-state index is 12.8. The van der Waals surface area contributed by atoms with Crippen LogP contribution in [0.4, 0.5) is 0 Å². The number of halogens is 2. The van der Waals surface area contributed by atoms with Crippen molar-refractivity contribution in [1.82, 2.24) is 0 Å². The van der Waals surface area contributed by atoms with Gasteiger partial charge >= 0.3 is 0 Å². The Morgan fingerprint density at radius 1 is 0.800 bits per heavy atom. The van der Waals surface area contributed by atoms with Crippen molar-refractivity contribution in [3.05, 3.63) is 67.6 Å². The van der Waals surface area contributed by atoms with Gasteiger partial charge in [-0.15, -0.1) is 0 Å². The molecule has 0 bridgehead atoms. The minimum atomic E-state index is -0.0370. The Labute approximate surface area is 163 Å². The molecule has 0 atom stereocenters. The number of carbonyl (C=O) groups is 1. The number of carbonyl (C=O) groups excluding carboxylic acids is 1. The second kappa shape index (κ2) is 7.58. The number of aromatic hydroxyl groups is 2. The molecule has 0 amide bonds. The number of hydrogen-bond donors (Lipinski definition) is 2. The molecule has 25 heavy (non-hydrogen) atoms. The first-order valence-corrected chi connectivity index (χ1v) is 9.47. The summed E-state index contributed by atoms with van der Waals surface area (Å²) in [5.74, 6) is 0.220. The summed E-state index contributed by atoms with van der Waals surface area (Å²) in [4.78, 5) is 12.8. The quantitative estimate of drug-likeness (QED) is 0.549. The molecule has 0 aromatic heterocycles. The van der Waals surface area contributed by atoms with Crippen LogP contribution in [-0.4, -0.2) is 16.0 Å². The zero-order chi connectivity index (χ0) is 18.0. The summed E-state index contributed by atoms with van der Waals surface area (Å²) in [6, 6.07) is 10.7. The lowest BCUT2D eigenvalue weighted by molar-refractivity contribution is -0.112. The van der Waals surface area contributed by atoms with Crippen molar-refractivity contribution in [3.8, 4) is 11.5 Å². The van der Waals surface area contributed by atoms with Gasteiger partial charge in [-0.1, -0.05) is 24.3 Å². The fraction of sp³-hybridized carbons (Fsp3) is 0.150. The molecule has 0 unspecified atom stereocenters. The number of ketones is 1. The largest absolute Gasteiger partial charge is 0.506 e. The van der Waals surface area contributed by atoms with Crippen molar-refractivity contribution in [3.63, 3.8) is 0 Å². The Hall–Kier alpha value is -1.85. The van der Waals surface area contributed by atoms with Gasteiger partial charge in [-0.25, -0.2) is 0 Å². The van der Waals surface area contributed by atoms with Crippen molar-refractivity contribution in [2.75, 3.05) is 0 Å². The first-order chi connectivity index (χ1) is 12.0. The lowest BCUT2D eigenvalue weighted by Crippen LogP contribution is -2.12. The van der Waals surface area contributed by atoms with Gasteiger partial charge in [-0.2, -0.15) is 0 Å². The molecule has 2 aromatic carbocycles. The maximum Gasteiger partial charge on any atom is 0.185 e. The summed E-state index contributed by atoms with van der Waals surface area (Å²) < 4.78 is 1.19. The zero-order valence-corrected chi connectivity index (χ0v) is 16.5. The van der Waals surface area contributed by atoms with Crippen molar-refractivity contribution < 1.29 is 15.0 Å². The van der Waals surface area contributed by atoms with Crippen LogP contribution in [0.5, 0.6) is 11.5 Å². The average molecular weight is 464 g/mol. The first-order valence-electron chi connectivity index (χ1n) is 7.88. The van der Waals surface area contributed by atoms with Crippen LogP contribution in [0.3, 0.4) is 0 Å². The van der Waals surface area contributed by atoms with E-state index in [-0.39, 0.29) is 17.3 Å². The van der Waals surface area contributed by atoms with Crippen LogP contribution in [0.1, 0.15) is 30.4 Å². The van der Waals surface area contributed by atoms with E-state index in [9.17, 15) is 15.0 Å². The molecule has 0 aliphatic heterocycles. The summed E-state index contributed by atoms with van der Waals surface area (Å²) in [7, 11) is 0. The third kappa shape index (κ3) is 3.88. The smallest absolute Gasteiger partial charge is 0.185 e. The SMILES string of the molecule is O=C1C(=Cc2cccc(Br)c2O)CCCC1=Cc1cccc(Br)c1O. The van der Waals surface area contributed by atoms with Gasteiger partial charge in [-0.05, 0) is 75.4 Å². The van der Waals surface area contributed by atoms with Crippen molar-refractivity contribution in [2.45, 2.75) is 19.3 Å². The van der Waals surface area contributed by atoms with Crippen LogP contribution >= 0.6 is 31.9 Å². The summed E-state index contributed by atoms with van der Waals surface area (Å²) in [5, 5.41) is 20.3. The van der Waals surface area contributed by atoms with Crippen LogP contribution in [0.25, 0.3) is 12.2 Å². The predicted molar refractivity (Wildman–Crippen MR) is 106 cm³/mol. The highest BCUT2D eigenvalue weighted by Crippen LogP contribution is 2.34. The molecule has 5 heteroatoms.